The SMILES string of the molecule is Cc1cccc(C2(F)CC(c3ccccc3)C3CC(O)CC32)c1. The first kappa shape index (κ1) is 14.9. The Balaban J connectivity index is 1.76. The van der Waals surface area contributed by atoms with Crippen LogP contribution in [-0.2, 0) is 5.67 Å². The lowest BCUT2D eigenvalue weighted by Gasteiger charge is -2.27. The molecule has 0 aliphatic heterocycles. The summed E-state index contributed by atoms with van der Waals surface area (Å²) >= 11 is 0. The molecule has 2 aromatic carbocycles. The summed E-state index contributed by atoms with van der Waals surface area (Å²) in [5, 5.41) is 10.2. The van der Waals surface area contributed by atoms with Crippen molar-refractivity contribution in [2.75, 3.05) is 0 Å². The molecule has 5 atom stereocenters. The van der Waals surface area contributed by atoms with Crippen molar-refractivity contribution >= 4 is 0 Å². The molecule has 4 rings (SSSR count). The van der Waals surface area contributed by atoms with Crippen LogP contribution in [0.3, 0.4) is 0 Å². The Labute approximate surface area is 137 Å². The predicted octanol–water partition coefficient (Wildman–Crippen LogP) is 4.73. The number of rotatable bonds is 2. The van der Waals surface area contributed by atoms with E-state index in [1.807, 2.05) is 49.4 Å². The van der Waals surface area contributed by atoms with Crippen LogP contribution < -0.4 is 0 Å². The topological polar surface area (TPSA) is 20.2 Å². The van der Waals surface area contributed by atoms with Crippen molar-refractivity contribution in [3.8, 4) is 0 Å². The van der Waals surface area contributed by atoms with Crippen molar-refractivity contribution in [1.29, 1.82) is 0 Å². The van der Waals surface area contributed by atoms with E-state index in [9.17, 15) is 5.11 Å². The minimum Gasteiger partial charge on any atom is -0.393 e. The van der Waals surface area contributed by atoms with E-state index in [0.29, 0.717) is 12.8 Å². The second-order valence-electron chi connectivity index (χ2n) is 7.35. The second kappa shape index (κ2) is 5.45. The highest BCUT2D eigenvalue weighted by Gasteiger charge is 2.58. The fourth-order valence-electron chi connectivity index (χ4n) is 4.94. The van der Waals surface area contributed by atoms with Crippen molar-refractivity contribution in [3.05, 3.63) is 71.3 Å². The smallest absolute Gasteiger partial charge is 0.139 e. The van der Waals surface area contributed by atoms with Crippen LogP contribution in [0.5, 0.6) is 0 Å². The summed E-state index contributed by atoms with van der Waals surface area (Å²) in [4.78, 5) is 0. The molecule has 0 bridgehead atoms. The van der Waals surface area contributed by atoms with E-state index in [4.69, 9.17) is 0 Å². The molecule has 1 N–H and O–H groups in total. The van der Waals surface area contributed by atoms with E-state index in [1.54, 1.807) is 0 Å². The Morgan fingerprint density at radius 1 is 1.04 bits per heavy atom. The molecule has 2 aromatic rings. The highest BCUT2D eigenvalue weighted by molar-refractivity contribution is 5.34. The third-order valence-corrected chi connectivity index (χ3v) is 5.93. The molecule has 2 aliphatic carbocycles. The molecule has 1 nitrogen and oxygen atoms in total. The van der Waals surface area contributed by atoms with Crippen LogP contribution in [-0.4, -0.2) is 11.2 Å². The normalized spacial score (nSPS) is 36.1. The summed E-state index contributed by atoms with van der Waals surface area (Å²) in [5.41, 5.74) is 1.77. The number of hydrogen-bond donors (Lipinski definition) is 1. The standard InChI is InChI=1S/C21H23FO/c1-14-6-5-9-16(10-14)21(22)13-19(15-7-3-2-4-8-15)18-11-17(23)12-20(18)21/h2-10,17-20,23H,11-13H2,1H3. The van der Waals surface area contributed by atoms with Gasteiger partial charge in [-0.05, 0) is 49.1 Å². The molecule has 23 heavy (non-hydrogen) atoms. The minimum atomic E-state index is -1.32. The summed E-state index contributed by atoms with van der Waals surface area (Å²) in [6, 6.07) is 18.1. The Morgan fingerprint density at radius 2 is 1.83 bits per heavy atom. The highest BCUT2D eigenvalue weighted by Crippen LogP contribution is 2.62. The third-order valence-electron chi connectivity index (χ3n) is 5.93. The first-order valence-electron chi connectivity index (χ1n) is 8.57. The van der Waals surface area contributed by atoms with Crippen molar-refractivity contribution in [2.45, 2.75) is 43.9 Å². The maximum Gasteiger partial charge on any atom is 0.139 e. The average Bonchev–Trinajstić information content (AvgIpc) is 3.06. The number of alkyl halides is 1. The Bertz CT molecular complexity index is 698. The van der Waals surface area contributed by atoms with Gasteiger partial charge in [-0.25, -0.2) is 4.39 Å². The molecule has 0 spiro atoms. The zero-order valence-electron chi connectivity index (χ0n) is 13.5. The molecule has 2 aliphatic rings. The van der Waals surface area contributed by atoms with Gasteiger partial charge < -0.3 is 5.11 Å². The molecule has 0 saturated heterocycles. The average molecular weight is 310 g/mol. The fraction of sp³-hybridized carbons (Fsp3) is 0.429. The van der Waals surface area contributed by atoms with Gasteiger partial charge >= 0.3 is 0 Å². The third kappa shape index (κ3) is 2.40. The van der Waals surface area contributed by atoms with Gasteiger partial charge in [-0.2, -0.15) is 0 Å². The van der Waals surface area contributed by atoms with Crippen LogP contribution in [0.1, 0.15) is 41.9 Å². The van der Waals surface area contributed by atoms with Gasteiger partial charge in [0.1, 0.15) is 5.67 Å². The van der Waals surface area contributed by atoms with Gasteiger partial charge in [0.15, 0.2) is 0 Å². The van der Waals surface area contributed by atoms with Crippen molar-refractivity contribution < 1.29 is 9.50 Å². The summed E-state index contributed by atoms with van der Waals surface area (Å²) in [6.07, 6.45) is 1.47. The minimum absolute atomic E-state index is 0.0792. The van der Waals surface area contributed by atoms with Gasteiger partial charge in [-0.3, -0.25) is 0 Å². The zero-order chi connectivity index (χ0) is 16.0. The number of aryl methyl sites for hydroxylation is 1. The summed E-state index contributed by atoms with van der Waals surface area (Å²) in [6.45, 7) is 2.01. The maximum atomic E-state index is 16.2. The first-order valence-corrected chi connectivity index (χ1v) is 8.57. The molecule has 120 valence electrons. The highest BCUT2D eigenvalue weighted by atomic mass is 19.1. The summed E-state index contributed by atoms with van der Waals surface area (Å²) in [5.74, 6) is 0.353. The van der Waals surface area contributed by atoms with Crippen LogP contribution >= 0.6 is 0 Å². The van der Waals surface area contributed by atoms with Crippen LogP contribution in [0.15, 0.2) is 54.6 Å². The molecule has 0 amide bonds. The van der Waals surface area contributed by atoms with E-state index >= 15 is 4.39 Å². The van der Waals surface area contributed by atoms with E-state index in [2.05, 4.69) is 12.1 Å². The number of fused-ring (bicyclic) bond motifs is 1. The Kier molecular flexibility index (Phi) is 3.53. The molecular formula is C21H23FO. The predicted molar refractivity (Wildman–Crippen MR) is 90.0 cm³/mol. The largest absolute Gasteiger partial charge is 0.393 e. The maximum absolute atomic E-state index is 16.2. The molecule has 2 saturated carbocycles. The van der Waals surface area contributed by atoms with Crippen LogP contribution in [0.4, 0.5) is 4.39 Å². The van der Waals surface area contributed by atoms with E-state index in [-0.39, 0.29) is 23.9 Å². The number of halogens is 1. The quantitative estimate of drug-likeness (QED) is 0.850. The monoisotopic (exact) mass is 310 g/mol. The second-order valence-corrected chi connectivity index (χ2v) is 7.35. The summed E-state index contributed by atoms with van der Waals surface area (Å²) in [7, 11) is 0. The van der Waals surface area contributed by atoms with Crippen LogP contribution in [0.25, 0.3) is 0 Å². The molecular weight excluding hydrogens is 287 g/mol. The lowest BCUT2D eigenvalue weighted by Crippen LogP contribution is -2.26. The molecule has 0 heterocycles. The number of aliphatic hydroxyl groups excluding tert-OH is 1. The Morgan fingerprint density at radius 3 is 2.57 bits per heavy atom. The fourth-order valence-corrected chi connectivity index (χ4v) is 4.94. The van der Waals surface area contributed by atoms with Gasteiger partial charge in [0, 0.05) is 5.92 Å². The van der Waals surface area contributed by atoms with Crippen LogP contribution in [0, 0.1) is 18.8 Å². The van der Waals surface area contributed by atoms with Gasteiger partial charge in [0.2, 0.25) is 0 Å². The molecule has 2 fully saturated rings. The zero-order valence-corrected chi connectivity index (χ0v) is 13.5. The molecule has 2 heteroatoms. The van der Waals surface area contributed by atoms with Crippen LogP contribution in [0.2, 0.25) is 0 Å². The van der Waals surface area contributed by atoms with Gasteiger partial charge in [0.25, 0.3) is 0 Å². The lowest BCUT2D eigenvalue weighted by molar-refractivity contribution is 0.0835. The van der Waals surface area contributed by atoms with Gasteiger partial charge in [-0.15, -0.1) is 0 Å². The van der Waals surface area contributed by atoms with Crippen molar-refractivity contribution in [2.24, 2.45) is 11.8 Å². The first-order chi connectivity index (χ1) is 11.1. The van der Waals surface area contributed by atoms with E-state index < -0.39 is 5.67 Å². The number of aliphatic hydroxyl groups is 1. The molecule has 5 unspecified atom stereocenters. The lowest BCUT2D eigenvalue weighted by atomic mass is 9.83. The van der Waals surface area contributed by atoms with E-state index in [0.717, 1.165) is 17.5 Å². The summed E-state index contributed by atoms with van der Waals surface area (Å²) < 4.78 is 16.2. The molecule has 0 radical (unpaired) electrons. The number of benzene rings is 2. The van der Waals surface area contributed by atoms with Gasteiger partial charge in [-0.1, -0.05) is 60.2 Å². The van der Waals surface area contributed by atoms with E-state index in [1.165, 1.54) is 5.56 Å². The van der Waals surface area contributed by atoms with Crippen molar-refractivity contribution in [3.63, 3.8) is 0 Å². The number of hydrogen-bond acceptors (Lipinski definition) is 1. The van der Waals surface area contributed by atoms with Crippen molar-refractivity contribution in [1.82, 2.24) is 0 Å². The Hall–Kier alpha value is -1.67. The molecule has 0 aromatic heterocycles. The van der Waals surface area contributed by atoms with Gasteiger partial charge in [0.05, 0.1) is 6.10 Å².